The van der Waals surface area contributed by atoms with Crippen LogP contribution in [0.15, 0.2) is 22.7 Å². The average molecular weight is 301 g/mol. The van der Waals surface area contributed by atoms with Gasteiger partial charge in [0.05, 0.1) is 24.2 Å². The number of aliphatic hydroxyl groups excluding tert-OH is 1. The molecule has 0 amide bonds. The van der Waals surface area contributed by atoms with Crippen molar-refractivity contribution >= 4 is 11.6 Å². The molecule has 108 valence electrons. The van der Waals surface area contributed by atoms with E-state index in [0.717, 1.165) is 0 Å². The van der Waals surface area contributed by atoms with Crippen LogP contribution >= 0.6 is 11.6 Å². The normalized spacial score (nSPS) is 12.6. The Bertz CT molecular complexity index is 576. The third kappa shape index (κ3) is 3.75. The zero-order chi connectivity index (χ0) is 14.5. The van der Waals surface area contributed by atoms with E-state index in [-0.39, 0.29) is 30.4 Å². The number of aromatic nitrogens is 2. The van der Waals surface area contributed by atoms with E-state index in [4.69, 9.17) is 20.9 Å². The highest BCUT2D eigenvalue weighted by atomic mass is 35.5. The van der Waals surface area contributed by atoms with Gasteiger partial charge < -0.3 is 14.4 Å². The third-order valence-corrected chi connectivity index (χ3v) is 2.95. The van der Waals surface area contributed by atoms with Crippen LogP contribution in [0.4, 0.5) is 4.39 Å². The van der Waals surface area contributed by atoms with E-state index in [1.165, 1.54) is 13.2 Å². The number of aliphatic hydroxyl groups is 1. The van der Waals surface area contributed by atoms with Gasteiger partial charge in [-0.15, -0.1) is 0 Å². The zero-order valence-corrected chi connectivity index (χ0v) is 11.6. The summed E-state index contributed by atoms with van der Waals surface area (Å²) < 4.78 is 23.5. The fraction of sp³-hybridized carbons (Fsp3) is 0.385. The van der Waals surface area contributed by atoms with E-state index >= 15 is 0 Å². The quantitative estimate of drug-likeness (QED) is 0.884. The lowest BCUT2D eigenvalue weighted by molar-refractivity contribution is 0.0599. The predicted octanol–water partition coefficient (Wildman–Crippen LogP) is 2.00. The van der Waals surface area contributed by atoms with Crippen LogP contribution in [0.1, 0.15) is 17.3 Å². The molecular formula is C13H14ClFN2O3. The van der Waals surface area contributed by atoms with Crippen LogP contribution < -0.4 is 0 Å². The molecule has 2 aromatic rings. The van der Waals surface area contributed by atoms with Crippen molar-refractivity contribution in [1.29, 1.82) is 0 Å². The molecule has 7 heteroatoms. The second kappa shape index (κ2) is 6.78. The van der Waals surface area contributed by atoms with Gasteiger partial charge in [0, 0.05) is 13.5 Å². The number of ether oxygens (including phenoxy) is 1. The minimum atomic E-state index is -0.712. The molecule has 0 fully saturated rings. The van der Waals surface area contributed by atoms with E-state index in [1.807, 2.05) is 0 Å². The van der Waals surface area contributed by atoms with Gasteiger partial charge in [-0.3, -0.25) is 0 Å². The third-order valence-electron chi connectivity index (χ3n) is 2.66. The lowest BCUT2D eigenvalue weighted by atomic mass is 10.1. The molecule has 0 saturated heterocycles. The van der Waals surface area contributed by atoms with Gasteiger partial charge in [-0.1, -0.05) is 28.9 Å². The maximum absolute atomic E-state index is 13.7. The maximum atomic E-state index is 13.7. The molecule has 0 radical (unpaired) electrons. The molecule has 1 heterocycles. The van der Waals surface area contributed by atoms with Gasteiger partial charge >= 0.3 is 0 Å². The minimum Gasteiger partial charge on any atom is -0.390 e. The monoisotopic (exact) mass is 300 g/mol. The van der Waals surface area contributed by atoms with Gasteiger partial charge in [-0.2, -0.15) is 4.98 Å². The van der Waals surface area contributed by atoms with Crippen LogP contribution in [0.5, 0.6) is 0 Å². The van der Waals surface area contributed by atoms with Crippen LogP contribution in [-0.2, 0) is 17.6 Å². The first-order valence-corrected chi connectivity index (χ1v) is 6.39. The van der Waals surface area contributed by atoms with E-state index in [1.54, 1.807) is 12.1 Å². The molecule has 1 aromatic carbocycles. The summed E-state index contributed by atoms with van der Waals surface area (Å²) in [7, 11) is 1.49. The SMILES string of the molecule is COCC(O)Cc1nc(Cc2cccc(Cl)c2F)no1. The topological polar surface area (TPSA) is 68.4 Å². The van der Waals surface area contributed by atoms with Crippen LogP contribution in [-0.4, -0.2) is 35.1 Å². The Hall–Kier alpha value is -1.50. The molecule has 1 N–H and O–H groups in total. The zero-order valence-electron chi connectivity index (χ0n) is 10.8. The Labute approximate surface area is 120 Å². The fourth-order valence-electron chi connectivity index (χ4n) is 1.75. The van der Waals surface area contributed by atoms with Crippen molar-refractivity contribution in [2.45, 2.75) is 18.9 Å². The summed E-state index contributed by atoms with van der Waals surface area (Å²) in [5, 5.41) is 13.4. The molecule has 5 nitrogen and oxygen atoms in total. The smallest absolute Gasteiger partial charge is 0.229 e. The van der Waals surface area contributed by atoms with Gasteiger partial charge in [-0.05, 0) is 11.6 Å². The van der Waals surface area contributed by atoms with Gasteiger partial charge in [0.15, 0.2) is 5.82 Å². The van der Waals surface area contributed by atoms with Gasteiger partial charge in [0.2, 0.25) is 5.89 Å². The Morgan fingerprint density at radius 2 is 2.30 bits per heavy atom. The Balaban J connectivity index is 2.04. The highest BCUT2D eigenvalue weighted by Crippen LogP contribution is 2.19. The minimum absolute atomic E-state index is 0.0572. The molecule has 0 aliphatic heterocycles. The molecule has 1 unspecified atom stereocenters. The molecule has 0 aliphatic carbocycles. The highest BCUT2D eigenvalue weighted by molar-refractivity contribution is 6.30. The van der Waals surface area contributed by atoms with Crippen molar-refractivity contribution in [1.82, 2.24) is 10.1 Å². The molecule has 2 rings (SSSR count). The van der Waals surface area contributed by atoms with Crippen molar-refractivity contribution in [2.75, 3.05) is 13.7 Å². The summed E-state index contributed by atoms with van der Waals surface area (Å²) in [6.07, 6.45) is -0.342. The van der Waals surface area contributed by atoms with Gasteiger partial charge in [0.25, 0.3) is 0 Å². The summed E-state index contributed by atoms with van der Waals surface area (Å²) in [6, 6.07) is 4.74. The van der Waals surface area contributed by atoms with E-state index in [9.17, 15) is 9.50 Å². The Kier molecular flexibility index (Phi) is 5.05. The first kappa shape index (κ1) is 14.9. The maximum Gasteiger partial charge on any atom is 0.229 e. The van der Waals surface area contributed by atoms with Crippen LogP contribution in [0.3, 0.4) is 0 Å². The number of rotatable bonds is 6. The van der Waals surface area contributed by atoms with Crippen LogP contribution in [0.25, 0.3) is 0 Å². The number of methoxy groups -OCH3 is 1. The van der Waals surface area contributed by atoms with Crippen molar-refractivity contribution < 1.29 is 18.8 Å². The van der Waals surface area contributed by atoms with E-state index in [0.29, 0.717) is 11.4 Å². The lowest BCUT2D eigenvalue weighted by Gasteiger charge is -2.04. The van der Waals surface area contributed by atoms with E-state index in [2.05, 4.69) is 10.1 Å². The number of hydrogen-bond donors (Lipinski definition) is 1. The molecule has 20 heavy (non-hydrogen) atoms. The summed E-state index contributed by atoms with van der Waals surface area (Å²) in [5.41, 5.74) is 0.391. The average Bonchev–Trinajstić information content (AvgIpc) is 2.82. The predicted molar refractivity (Wildman–Crippen MR) is 70.1 cm³/mol. The van der Waals surface area contributed by atoms with Crippen molar-refractivity contribution in [2.24, 2.45) is 0 Å². The molecule has 0 bridgehead atoms. The molecule has 0 aliphatic rings. The summed E-state index contributed by atoms with van der Waals surface area (Å²) in [6.45, 7) is 0.181. The molecular weight excluding hydrogens is 287 g/mol. The molecule has 1 atom stereocenters. The summed E-state index contributed by atoms with van der Waals surface area (Å²) in [5.74, 6) is 0.137. The number of hydrogen-bond acceptors (Lipinski definition) is 5. The second-order valence-electron chi connectivity index (χ2n) is 4.31. The summed E-state index contributed by atoms with van der Waals surface area (Å²) in [4.78, 5) is 4.10. The van der Waals surface area contributed by atoms with Crippen molar-refractivity contribution in [3.63, 3.8) is 0 Å². The van der Waals surface area contributed by atoms with Crippen molar-refractivity contribution in [3.05, 3.63) is 46.3 Å². The second-order valence-corrected chi connectivity index (χ2v) is 4.71. The van der Waals surface area contributed by atoms with Crippen LogP contribution in [0.2, 0.25) is 5.02 Å². The number of halogens is 2. The molecule has 0 spiro atoms. The largest absolute Gasteiger partial charge is 0.390 e. The summed E-state index contributed by atoms with van der Waals surface area (Å²) >= 11 is 5.70. The van der Waals surface area contributed by atoms with Crippen molar-refractivity contribution in [3.8, 4) is 0 Å². The number of nitrogens with zero attached hydrogens (tertiary/aromatic N) is 2. The van der Waals surface area contributed by atoms with Gasteiger partial charge in [-0.25, -0.2) is 4.39 Å². The Morgan fingerprint density at radius 1 is 1.50 bits per heavy atom. The lowest BCUT2D eigenvalue weighted by Crippen LogP contribution is -2.17. The van der Waals surface area contributed by atoms with E-state index < -0.39 is 11.9 Å². The Morgan fingerprint density at radius 3 is 3.05 bits per heavy atom. The first-order valence-electron chi connectivity index (χ1n) is 6.01. The standard InChI is InChI=1S/C13H14ClFN2O3/c1-19-7-9(18)6-12-16-11(17-20-12)5-8-3-2-4-10(14)13(8)15/h2-4,9,18H,5-7H2,1H3. The first-order chi connectivity index (χ1) is 9.60. The molecule has 0 saturated carbocycles. The molecule has 1 aromatic heterocycles. The highest BCUT2D eigenvalue weighted by Gasteiger charge is 2.14. The van der Waals surface area contributed by atoms with Gasteiger partial charge in [0.1, 0.15) is 5.82 Å². The fourth-order valence-corrected chi connectivity index (χ4v) is 1.95. The number of benzene rings is 1. The van der Waals surface area contributed by atoms with Crippen LogP contribution in [0, 0.1) is 5.82 Å².